The van der Waals surface area contributed by atoms with E-state index < -0.39 is 0 Å². The summed E-state index contributed by atoms with van der Waals surface area (Å²) in [5.74, 6) is 0.00415. The van der Waals surface area contributed by atoms with Crippen LogP contribution in [0.3, 0.4) is 0 Å². The molecule has 0 N–H and O–H groups in total. The van der Waals surface area contributed by atoms with Crippen molar-refractivity contribution >= 4 is 5.97 Å². The first-order valence-electron chi connectivity index (χ1n) is 19.5. The highest BCUT2D eigenvalue weighted by molar-refractivity contribution is 5.69. The van der Waals surface area contributed by atoms with Crippen molar-refractivity contribution < 1.29 is 9.53 Å². The van der Waals surface area contributed by atoms with Crippen molar-refractivity contribution in [3.05, 3.63) is 48.6 Å². The molecule has 1 unspecified atom stereocenters. The Bertz CT molecular complexity index is 720. The third-order valence-electron chi connectivity index (χ3n) is 8.49. The summed E-state index contributed by atoms with van der Waals surface area (Å²) in [5, 5.41) is 0. The number of hydrogen-bond acceptors (Lipinski definition) is 3. The van der Waals surface area contributed by atoms with Gasteiger partial charge in [0.2, 0.25) is 0 Å². The van der Waals surface area contributed by atoms with Crippen LogP contribution in [0.1, 0.15) is 187 Å². The monoisotopic (exact) mass is 628 g/mol. The summed E-state index contributed by atoms with van der Waals surface area (Å²) in [6, 6.07) is 0. The number of esters is 1. The fraction of sp³-hybridized carbons (Fsp3) is 0.786. The minimum Gasteiger partial charge on any atom is -0.462 e. The fourth-order valence-corrected chi connectivity index (χ4v) is 5.59. The summed E-state index contributed by atoms with van der Waals surface area (Å²) in [4.78, 5) is 14.6. The van der Waals surface area contributed by atoms with Gasteiger partial charge in [-0.05, 0) is 117 Å². The Morgan fingerprint density at radius 3 is 1.29 bits per heavy atom. The molecule has 0 spiro atoms. The molecule has 45 heavy (non-hydrogen) atoms. The molecule has 1 atom stereocenters. The van der Waals surface area contributed by atoms with Crippen LogP contribution in [0.15, 0.2) is 48.6 Å². The van der Waals surface area contributed by atoms with Crippen LogP contribution in [-0.2, 0) is 9.53 Å². The van der Waals surface area contributed by atoms with Crippen molar-refractivity contribution in [1.82, 2.24) is 4.90 Å². The first-order chi connectivity index (χ1) is 22.1. The Balaban J connectivity index is 4.03. The molecule has 0 aromatic rings. The molecule has 262 valence electrons. The third kappa shape index (κ3) is 36.7. The molecular weight excluding hydrogens is 550 g/mol. The molecule has 0 aliphatic rings. The van der Waals surface area contributed by atoms with E-state index in [1.807, 2.05) is 0 Å². The van der Waals surface area contributed by atoms with Crippen molar-refractivity contribution in [3.63, 3.8) is 0 Å². The minimum atomic E-state index is 0.00415. The number of allylic oxidation sites excluding steroid dienone is 8. The highest BCUT2D eigenvalue weighted by atomic mass is 16.5. The second-order valence-electron chi connectivity index (χ2n) is 13.4. The third-order valence-corrected chi connectivity index (χ3v) is 8.49. The maximum absolute atomic E-state index is 12.5. The smallest absolute Gasteiger partial charge is 0.306 e. The molecule has 0 saturated heterocycles. The van der Waals surface area contributed by atoms with E-state index in [0.717, 1.165) is 38.6 Å². The van der Waals surface area contributed by atoms with Gasteiger partial charge < -0.3 is 9.64 Å². The second kappa shape index (κ2) is 36.9. The van der Waals surface area contributed by atoms with Gasteiger partial charge in [-0.25, -0.2) is 0 Å². The Morgan fingerprint density at radius 1 is 0.511 bits per heavy atom. The van der Waals surface area contributed by atoms with E-state index >= 15 is 0 Å². The first-order valence-corrected chi connectivity index (χ1v) is 19.5. The molecular formula is C42H77NO2. The lowest BCUT2D eigenvalue weighted by Gasteiger charge is -2.18. The van der Waals surface area contributed by atoms with Crippen LogP contribution in [0.2, 0.25) is 0 Å². The number of nitrogens with zero attached hydrogens (tertiary/aromatic N) is 1. The Labute approximate surface area is 282 Å². The molecule has 0 amide bonds. The number of hydrogen-bond donors (Lipinski definition) is 0. The van der Waals surface area contributed by atoms with Crippen molar-refractivity contribution in [3.8, 4) is 0 Å². The molecule has 0 saturated carbocycles. The van der Waals surface area contributed by atoms with Gasteiger partial charge >= 0.3 is 5.97 Å². The van der Waals surface area contributed by atoms with E-state index in [4.69, 9.17) is 4.74 Å². The summed E-state index contributed by atoms with van der Waals surface area (Å²) < 4.78 is 5.99. The van der Waals surface area contributed by atoms with Crippen LogP contribution < -0.4 is 0 Å². The van der Waals surface area contributed by atoms with Gasteiger partial charge in [0.15, 0.2) is 0 Å². The van der Waals surface area contributed by atoms with Crippen LogP contribution in [0.4, 0.5) is 0 Å². The summed E-state index contributed by atoms with van der Waals surface area (Å²) in [5.41, 5.74) is 0. The minimum absolute atomic E-state index is 0.00415. The largest absolute Gasteiger partial charge is 0.462 e. The van der Waals surface area contributed by atoms with E-state index in [1.54, 1.807) is 0 Å². The molecule has 0 bridgehead atoms. The van der Waals surface area contributed by atoms with Gasteiger partial charge in [-0.15, -0.1) is 0 Å². The number of unbranched alkanes of at least 4 members (excludes halogenated alkanes) is 17. The molecule has 3 nitrogen and oxygen atoms in total. The highest BCUT2D eigenvalue weighted by Gasteiger charge is 2.14. The lowest BCUT2D eigenvalue weighted by Crippen LogP contribution is -2.20. The average Bonchev–Trinajstić information content (AvgIpc) is 3.02. The van der Waals surface area contributed by atoms with Gasteiger partial charge in [0, 0.05) is 6.42 Å². The van der Waals surface area contributed by atoms with Crippen LogP contribution in [0, 0.1) is 0 Å². The summed E-state index contributed by atoms with van der Waals surface area (Å²) in [7, 11) is 4.12. The lowest BCUT2D eigenvalue weighted by atomic mass is 10.0. The van der Waals surface area contributed by atoms with E-state index in [2.05, 4.69) is 81.5 Å². The van der Waals surface area contributed by atoms with Crippen molar-refractivity contribution in [2.24, 2.45) is 0 Å². The SMILES string of the molecule is CCCCC/C=C\C/C=C\CCCCCCCCC(CCCCCCC/C=C\C/C=C\CCCCC)OC(=O)CCCN(C)C. The topological polar surface area (TPSA) is 29.5 Å². The number of rotatable bonds is 34. The van der Waals surface area contributed by atoms with Crippen molar-refractivity contribution in [2.75, 3.05) is 20.6 Å². The summed E-state index contributed by atoms with van der Waals surface area (Å²) in [6.07, 6.45) is 51.3. The zero-order valence-corrected chi connectivity index (χ0v) is 30.8. The maximum Gasteiger partial charge on any atom is 0.306 e. The van der Waals surface area contributed by atoms with Gasteiger partial charge in [-0.3, -0.25) is 4.79 Å². The molecule has 0 heterocycles. The zero-order valence-electron chi connectivity index (χ0n) is 30.8. The van der Waals surface area contributed by atoms with E-state index in [9.17, 15) is 4.79 Å². The first kappa shape index (κ1) is 43.4. The number of ether oxygens (including phenoxy) is 1. The van der Waals surface area contributed by atoms with Gasteiger partial charge in [-0.1, -0.05) is 133 Å². The Hall–Kier alpha value is -1.61. The second-order valence-corrected chi connectivity index (χ2v) is 13.4. The van der Waals surface area contributed by atoms with Crippen molar-refractivity contribution in [1.29, 1.82) is 0 Å². The van der Waals surface area contributed by atoms with E-state index in [1.165, 1.54) is 135 Å². The molecule has 0 rings (SSSR count). The van der Waals surface area contributed by atoms with Crippen LogP contribution in [-0.4, -0.2) is 37.6 Å². The molecule has 0 aliphatic carbocycles. The molecule has 3 heteroatoms. The Morgan fingerprint density at radius 2 is 0.889 bits per heavy atom. The molecule has 0 aromatic heterocycles. The van der Waals surface area contributed by atoms with Crippen molar-refractivity contribution in [2.45, 2.75) is 193 Å². The summed E-state index contributed by atoms with van der Waals surface area (Å²) in [6.45, 7) is 5.46. The van der Waals surface area contributed by atoms with E-state index in [-0.39, 0.29) is 12.1 Å². The average molecular weight is 628 g/mol. The van der Waals surface area contributed by atoms with Gasteiger partial charge in [0.1, 0.15) is 6.10 Å². The van der Waals surface area contributed by atoms with Gasteiger partial charge in [0.05, 0.1) is 0 Å². The summed E-state index contributed by atoms with van der Waals surface area (Å²) >= 11 is 0. The molecule has 0 radical (unpaired) electrons. The van der Waals surface area contributed by atoms with Crippen LogP contribution in [0.25, 0.3) is 0 Å². The quantitative estimate of drug-likeness (QED) is 0.0404. The molecule has 0 aromatic carbocycles. The molecule has 0 aliphatic heterocycles. The zero-order chi connectivity index (χ0) is 32.9. The Kier molecular flexibility index (Phi) is 35.5. The number of carbonyl (C=O) groups is 1. The fourth-order valence-electron chi connectivity index (χ4n) is 5.59. The van der Waals surface area contributed by atoms with Gasteiger partial charge in [-0.2, -0.15) is 0 Å². The predicted molar refractivity (Wildman–Crippen MR) is 201 cm³/mol. The van der Waals surface area contributed by atoms with Crippen LogP contribution >= 0.6 is 0 Å². The number of carbonyl (C=O) groups excluding carboxylic acids is 1. The molecule has 0 fully saturated rings. The van der Waals surface area contributed by atoms with E-state index in [0.29, 0.717) is 6.42 Å². The maximum atomic E-state index is 12.5. The standard InChI is InChI=1S/C42H77NO2/c1-5-7-9-11-13-15-17-19-21-23-25-27-29-31-33-35-38-41(45-42(44)39-36-40-43(3)4)37-34-32-30-28-26-24-22-20-18-16-14-12-10-8-6-2/h13-16,19-22,41H,5-12,17-18,23-40H2,1-4H3/b15-13-,16-14-,21-19-,22-20-. The van der Waals surface area contributed by atoms with Crippen LogP contribution in [0.5, 0.6) is 0 Å². The lowest BCUT2D eigenvalue weighted by molar-refractivity contribution is -0.150. The highest BCUT2D eigenvalue weighted by Crippen LogP contribution is 2.18. The normalized spacial score (nSPS) is 13.0. The predicted octanol–water partition coefficient (Wildman–Crippen LogP) is 13.3. The van der Waals surface area contributed by atoms with Gasteiger partial charge in [0.25, 0.3) is 0 Å².